The lowest BCUT2D eigenvalue weighted by Crippen LogP contribution is -2.48. The molecule has 1 atom stereocenters. The molecule has 0 radical (unpaired) electrons. The summed E-state index contributed by atoms with van der Waals surface area (Å²) in [6, 6.07) is 1.18. The maximum Gasteiger partial charge on any atom is 0.251 e. The van der Waals surface area contributed by atoms with Gasteiger partial charge in [0.25, 0.3) is 5.91 Å². The molecule has 7 heteroatoms. The summed E-state index contributed by atoms with van der Waals surface area (Å²) >= 11 is 0. The maximum atomic E-state index is 11.9. The van der Waals surface area contributed by atoms with E-state index in [1.807, 2.05) is 0 Å². The average molecular weight is 264 g/mol. The summed E-state index contributed by atoms with van der Waals surface area (Å²) in [7, 11) is 3.01. The molecule has 0 saturated carbocycles. The molecular weight excluding hydrogens is 248 g/mol. The van der Waals surface area contributed by atoms with Crippen molar-refractivity contribution < 1.29 is 14.3 Å². The molecule has 1 aromatic rings. The van der Waals surface area contributed by atoms with Crippen molar-refractivity contribution in [2.75, 3.05) is 19.5 Å². The number of rotatable bonds is 3. The Balaban J connectivity index is 2.15. The van der Waals surface area contributed by atoms with Crippen molar-refractivity contribution in [3.63, 3.8) is 0 Å². The van der Waals surface area contributed by atoms with Crippen LogP contribution in [0.25, 0.3) is 0 Å². The summed E-state index contributed by atoms with van der Waals surface area (Å²) in [5.41, 5.74) is 0. The van der Waals surface area contributed by atoms with Crippen LogP contribution in [0, 0.1) is 6.92 Å². The molecule has 1 fully saturated rings. The molecule has 1 aliphatic heterocycles. The molecule has 1 unspecified atom stereocenters. The standard InChI is InChI=1S/C12H16N4O3/c1-7-13-9(6-10(14-7)19-3)15-8-4-5-11(17)16(2)12(8)18/h6,8H,4-5H2,1-3H3,(H,13,14,15). The highest BCUT2D eigenvalue weighted by atomic mass is 16.5. The van der Waals surface area contributed by atoms with Crippen LogP contribution >= 0.6 is 0 Å². The molecule has 0 bridgehead atoms. The number of anilines is 1. The Hall–Kier alpha value is -2.18. The summed E-state index contributed by atoms with van der Waals surface area (Å²) in [4.78, 5) is 32.7. The van der Waals surface area contributed by atoms with Crippen LogP contribution in [-0.4, -0.2) is 46.9 Å². The average Bonchev–Trinajstić information content (AvgIpc) is 2.39. The van der Waals surface area contributed by atoms with Gasteiger partial charge >= 0.3 is 0 Å². The number of carbonyl (C=O) groups excluding carboxylic acids is 2. The summed E-state index contributed by atoms with van der Waals surface area (Å²) in [6.45, 7) is 1.74. The number of nitrogens with zero attached hydrogens (tertiary/aromatic N) is 3. The van der Waals surface area contributed by atoms with Crippen LogP contribution in [-0.2, 0) is 9.59 Å². The van der Waals surface area contributed by atoms with Gasteiger partial charge in [-0.1, -0.05) is 0 Å². The fraction of sp³-hybridized carbons (Fsp3) is 0.500. The van der Waals surface area contributed by atoms with Gasteiger partial charge in [-0.2, -0.15) is 4.98 Å². The van der Waals surface area contributed by atoms with Crippen LogP contribution < -0.4 is 10.1 Å². The Morgan fingerprint density at radius 1 is 1.42 bits per heavy atom. The molecule has 1 saturated heterocycles. The fourth-order valence-electron chi connectivity index (χ4n) is 1.95. The van der Waals surface area contributed by atoms with E-state index < -0.39 is 6.04 Å². The lowest BCUT2D eigenvalue weighted by molar-refractivity contribution is -0.146. The first-order valence-corrected chi connectivity index (χ1v) is 5.98. The van der Waals surface area contributed by atoms with E-state index in [2.05, 4.69) is 15.3 Å². The van der Waals surface area contributed by atoms with Gasteiger partial charge in [0, 0.05) is 19.5 Å². The smallest absolute Gasteiger partial charge is 0.251 e. The van der Waals surface area contributed by atoms with Gasteiger partial charge in [-0.3, -0.25) is 14.5 Å². The highest BCUT2D eigenvalue weighted by Crippen LogP contribution is 2.18. The molecule has 2 heterocycles. The van der Waals surface area contributed by atoms with E-state index in [1.54, 1.807) is 13.0 Å². The second kappa shape index (κ2) is 5.21. The first-order valence-electron chi connectivity index (χ1n) is 5.98. The number of piperidine rings is 1. The normalized spacial score (nSPS) is 19.5. The first kappa shape index (κ1) is 13.3. The predicted molar refractivity (Wildman–Crippen MR) is 67.7 cm³/mol. The highest BCUT2D eigenvalue weighted by molar-refractivity contribution is 6.01. The van der Waals surface area contributed by atoms with Crippen molar-refractivity contribution in [3.05, 3.63) is 11.9 Å². The van der Waals surface area contributed by atoms with Crippen LogP contribution in [0.1, 0.15) is 18.7 Å². The van der Waals surface area contributed by atoms with Gasteiger partial charge in [0.1, 0.15) is 17.7 Å². The number of hydrogen-bond donors (Lipinski definition) is 1. The second-order valence-corrected chi connectivity index (χ2v) is 4.37. The summed E-state index contributed by atoms with van der Waals surface area (Å²) in [6.07, 6.45) is 0.814. The topological polar surface area (TPSA) is 84.4 Å². The number of aromatic nitrogens is 2. The van der Waals surface area contributed by atoms with Gasteiger partial charge in [0.2, 0.25) is 11.8 Å². The van der Waals surface area contributed by atoms with Crippen LogP contribution in [0.4, 0.5) is 5.82 Å². The number of nitrogens with one attached hydrogen (secondary N) is 1. The van der Waals surface area contributed by atoms with Crippen molar-refractivity contribution in [1.82, 2.24) is 14.9 Å². The summed E-state index contributed by atoms with van der Waals surface area (Å²) in [5, 5.41) is 3.02. The lowest BCUT2D eigenvalue weighted by Gasteiger charge is -2.28. The van der Waals surface area contributed by atoms with Gasteiger partial charge in [-0.25, -0.2) is 4.98 Å². The van der Waals surface area contributed by atoms with Crippen molar-refractivity contribution in [2.45, 2.75) is 25.8 Å². The quantitative estimate of drug-likeness (QED) is 0.793. The van der Waals surface area contributed by atoms with E-state index in [1.165, 1.54) is 14.2 Å². The maximum absolute atomic E-state index is 11.9. The van der Waals surface area contributed by atoms with E-state index >= 15 is 0 Å². The number of methoxy groups -OCH3 is 1. The van der Waals surface area contributed by atoms with E-state index in [4.69, 9.17) is 4.74 Å². The van der Waals surface area contributed by atoms with Crippen LogP contribution in [0.2, 0.25) is 0 Å². The monoisotopic (exact) mass is 264 g/mol. The number of hydrogen-bond acceptors (Lipinski definition) is 6. The summed E-state index contributed by atoms with van der Waals surface area (Å²) < 4.78 is 5.05. The Morgan fingerprint density at radius 2 is 2.16 bits per heavy atom. The number of amides is 2. The van der Waals surface area contributed by atoms with Gasteiger partial charge in [-0.05, 0) is 13.3 Å². The molecule has 102 valence electrons. The molecule has 0 aliphatic carbocycles. The van der Waals surface area contributed by atoms with Crippen molar-refractivity contribution >= 4 is 17.6 Å². The number of carbonyl (C=O) groups is 2. The first-order chi connectivity index (χ1) is 9.01. The van der Waals surface area contributed by atoms with Gasteiger partial charge in [-0.15, -0.1) is 0 Å². The molecule has 19 heavy (non-hydrogen) atoms. The third-order valence-corrected chi connectivity index (χ3v) is 3.00. The minimum atomic E-state index is -0.443. The molecule has 2 amide bonds. The number of likely N-dealkylation sites (tertiary alicyclic amines) is 1. The molecule has 0 spiro atoms. The summed E-state index contributed by atoms with van der Waals surface area (Å²) in [5.74, 6) is 1.11. The Bertz CT molecular complexity index is 518. The third-order valence-electron chi connectivity index (χ3n) is 3.00. The SMILES string of the molecule is COc1cc(NC2CCC(=O)N(C)C2=O)nc(C)n1. The minimum absolute atomic E-state index is 0.153. The van der Waals surface area contributed by atoms with Crippen molar-refractivity contribution in [1.29, 1.82) is 0 Å². The molecule has 1 aliphatic rings. The van der Waals surface area contributed by atoms with E-state index in [9.17, 15) is 9.59 Å². The van der Waals surface area contributed by atoms with Gasteiger partial charge < -0.3 is 10.1 Å². The predicted octanol–water partition coefficient (Wildman–Crippen LogP) is 0.353. The zero-order valence-corrected chi connectivity index (χ0v) is 11.1. The number of imide groups is 1. The molecule has 2 rings (SSSR count). The second-order valence-electron chi connectivity index (χ2n) is 4.37. The van der Waals surface area contributed by atoms with Gasteiger partial charge in [0.05, 0.1) is 7.11 Å². The number of ether oxygens (including phenoxy) is 1. The zero-order valence-electron chi connectivity index (χ0n) is 11.1. The Labute approximate surface area is 111 Å². The third kappa shape index (κ3) is 2.81. The Morgan fingerprint density at radius 3 is 2.84 bits per heavy atom. The largest absolute Gasteiger partial charge is 0.481 e. The fourth-order valence-corrected chi connectivity index (χ4v) is 1.95. The van der Waals surface area contributed by atoms with Crippen molar-refractivity contribution in [3.8, 4) is 5.88 Å². The van der Waals surface area contributed by atoms with Crippen LogP contribution in [0.3, 0.4) is 0 Å². The Kier molecular flexibility index (Phi) is 3.64. The number of aryl methyl sites for hydroxylation is 1. The molecule has 1 aromatic heterocycles. The van der Waals surface area contributed by atoms with E-state index in [-0.39, 0.29) is 11.8 Å². The zero-order chi connectivity index (χ0) is 14.0. The molecule has 1 N–H and O–H groups in total. The number of likely N-dealkylation sites (N-methyl/N-ethyl adjacent to an activating group) is 1. The van der Waals surface area contributed by atoms with E-state index in [0.29, 0.717) is 30.4 Å². The molecule has 7 nitrogen and oxygen atoms in total. The molecular formula is C12H16N4O3. The minimum Gasteiger partial charge on any atom is -0.481 e. The van der Waals surface area contributed by atoms with Crippen LogP contribution in [0.15, 0.2) is 6.07 Å². The van der Waals surface area contributed by atoms with E-state index in [0.717, 1.165) is 4.90 Å². The molecule has 0 aromatic carbocycles. The van der Waals surface area contributed by atoms with Crippen LogP contribution in [0.5, 0.6) is 5.88 Å². The highest BCUT2D eigenvalue weighted by Gasteiger charge is 2.31. The lowest BCUT2D eigenvalue weighted by atomic mass is 10.0. The van der Waals surface area contributed by atoms with Gasteiger partial charge in [0.15, 0.2) is 0 Å². The van der Waals surface area contributed by atoms with Crippen molar-refractivity contribution in [2.24, 2.45) is 0 Å².